The number of rotatable bonds is 2. The maximum atomic E-state index is 11.5. The van der Waals surface area contributed by atoms with Crippen molar-refractivity contribution in [1.29, 1.82) is 0 Å². The molecule has 6 aliphatic rings. The number of aliphatic hydroxyl groups is 2. The Hall–Kier alpha value is -0.620. The molecule has 5 nitrogen and oxygen atoms in total. The van der Waals surface area contributed by atoms with Gasteiger partial charge in [0.15, 0.2) is 0 Å². The highest BCUT2D eigenvalue weighted by molar-refractivity contribution is 5.15. The number of nitrogens with zero attached hydrogens (tertiary/aromatic N) is 2. The van der Waals surface area contributed by atoms with E-state index >= 15 is 0 Å². The van der Waals surface area contributed by atoms with Gasteiger partial charge in [-0.15, -0.1) is 0 Å². The Bertz CT molecular complexity index is 738. The van der Waals surface area contributed by atoms with Crippen molar-refractivity contribution < 1.29 is 14.9 Å². The number of hydrogen-bond acceptors (Lipinski definition) is 5. The molecule has 0 radical (unpaired) electrons. The molecule has 10 atom stereocenters. The van der Waals surface area contributed by atoms with Gasteiger partial charge in [-0.05, 0) is 92.1 Å². The van der Waals surface area contributed by atoms with Crippen molar-refractivity contribution in [3.63, 3.8) is 0 Å². The van der Waals surface area contributed by atoms with E-state index in [1.54, 1.807) is 0 Å². The first kappa shape index (κ1) is 21.9. The quantitative estimate of drug-likeness (QED) is 0.685. The van der Waals surface area contributed by atoms with Crippen molar-refractivity contribution >= 4 is 0 Å². The fraction of sp³-hybridized carbons (Fsp3) is 0.926. The number of hydrogen-bond donors (Lipinski definition) is 2. The minimum absolute atomic E-state index is 0.0727. The Kier molecular flexibility index (Phi) is 5.45. The molecule has 0 spiro atoms. The van der Waals surface area contributed by atoms with Crippen molar-refractivity contribution in [2.24, 2.45) is 34.5 Å². The fourth-order valence-corrected chi connectivity index (χ4v) is 9.65. The molecule has 5 fully saturated rings. The second-order valence-electron chi connectivity index (χ2n) is 12.6. The summed E-state index contributed by atoms with van der Waals surface area (Å²) in [6.45, 7) is 9.62. The lowest BCUT2D eigenvalue weighted by molar-refractivity contribution is -0.158. The van der Waals surface area contributed by atoms with E-state index in [1.165, 1.54) is 32.1 Å². The average molecular weight is 445 g/mol. The van der Waals surface area contributed by atoms with Gasteiger partial charge in [0, 0.05) is 25.7 Å². The molecule has 0 unspecified atom stereocenters. The number of fused-ring (bicyclic) bond motifs is 5. The first-order chi connectivity index (χ1) is 15.4. The summed E-state index contributed by atoms with van der Waals surface area (Å²) in [5, 5.41) is 22.6. The summed E-state index contributed by atoms with van der Waals surface area (Å²) in [5.41, 5.74) is 0.395. The van der Waals surface area contributed by atoms with E-state index in [1.807, 2.05) is 0 Å². The first-order valence-corrected chi connectivity index (χ1v) is 13.5. The van der Waals surface area contributed by atoms with Crippen molar-refractivity contribution in [1.82, 2.24) is 9.80 Å². The molecule has 0 aromatic carbocycles. The minimum atomic E-state index is -0.198. The van der Waals surface area contributed by atoms with Gasteiger partial charge in [-0.1, -0.05) is 19.9 Å². The van der Waals surface area contributed by atoms with E-state index in [-0.39, 0.29) is 17.6 Å². The van der Waals surface area contributed by atoms with Gasteiger partial charge in [-0.25, -0.2) is 0 Å². The van der Waals surface area contributed by atoms with Crippen molar-refractivity contribution in [3.05, 3.63) is 12.3 Å². The Morgan fingerprint density at radius 1 is 0.906 bits per heavy atom. The van der Waals surface area contributed by atoms with Crippen LogP contribution in [0.3, 0.4) is 0 Å². The third kappa shape index (κ3) is 3.17. The third-order valence-electron chi connectivity index (χ3n) is 11.4. The molecule has 2 heterocycles. The van der Waals surface area contributed by atoms with Crippen LogP contribution in [0.5, 0.6) is 0 Å². The van der Waals surface area contributed by atoms with Gasteiger partial charge >= 0.3 is 0 Å². The van der Waals surface area contributed by atoms with Crippen LogP contribution >= 0.6 is 0 Å². The van der Waals surface area contributed by atoms with Crippen LogP contribution in [-0.4, -0.2) is 77.2 Å². The van der Waals surface area contributed by atoms with Crippen LogP contribution in [0.2, 0.25) is 0 Å². The van der Waals surface area contributed by atoms with Crippen molar-refractivity contribution in [2.45, 2.75) is 89.5 Å². The molecule has 180 valence electrons. The van der Waals surface area contributed by atoms with Crippen LogP contribution in [-0.2, 0) is 4.74 Å². The molecule has 0 aromatic heterocycles. The predicted molar refractivity (Wildman–Crippen MR) is 125 cm³/mol. The zero-order chi connectivity index (χ0) is 22.1. The van der Waals surface area contributed by atoms with Gasteiger partial charge in [0.05, 0.1) is 31.5 Å². The predicted octanol–water partition coefficient (Wildman–Crippen LogP) is 3.26. The second kappa shape index (κ2) is 7.96. The second-order valence-corrected chi connectivity index (χ2v) is 12.6. The highest BCUT2D eigenvalue weighted by Crippen LogP contribution is 2.66. The molecule has 2 N–H and O–H groups in total. The van der Waals surface area contributed by atoms with Gasteiger partial charge < -0.3 is 19.8 Å². The molecule has 6 rings (SSSR count). The van der Waals surface area contributed by atoms with Crippen LogP contribution in [0, 0.1) is 34.5 Å². The van der Waals surface area contributed by atoms with Crippen LogP contribution < -0.4 is 0 Å². The standard InChI is InChI=1S/C27H44N2O3/c1-26-8-7-20-19(21(26)16-22(25(26)31)28-9-3-4-10-28)6-5-18-15-24(30)23(17-27(18,20)2)29-11-13-32-14-12-29/h3,9,18-25,30-31H,4-8,10-17H2,1-2H3/t18-,19+,20-,21-,22+,23-,24+,25-,26-,27-/m0/s1. The largest absolute Gasteiger partial charge is 0.391 e. The Labute approximate surface area is 194 Å². The summed E-state index contributed by atoms with van der Waals surface area (Å²) in [4.78, 5) is 4.98. The SMILES string of the molecule is C[C@]12C[C@H](N3CCOCC3)[C@H](O)C[C@@H]1CC[C@@H]1[C@@H]2CC[C@]2(C)[C@@H](O)[C@H](N3C=CCC3)C[C@@H]12. The molecule has 2 aliphatic heterocycles. The van der Waals surface area contributed by atoms with Crippen LogP contribution in [0.4, 0.5) is 0 Å². The van der Waals surface area contributed by atoms with Gasteiger partial charge in [-0.2, -0.15) is 0 Å². The molecule has 4 saturated carbocycles. The van der Waals surface area contributed by atoms with Gasteiger partial charge in [0.2, 0.25) is 0 Å². The van der Waals surface area contributed by atoms with E-state index in [4.69, 9.17) is 4.74 Å². The van der Waals surface area contributed by atoms with Gasteiger partial charge in [-0.3, -0.25) is 4.90 Å². The Morgan fingerprint density at radius 3 is 2.47 bits per heavy atom. The average Bonchev–Trinajstić information content (AvgIpc) is 3.41. The molecule has 4 aliphatic carbocycles. The van der Waals surface area contributed by atoms with Crippen LogP contribution in [0.15, 0.2) is 12.3 Å². The summed E-state index contributed by atoms with van der Waals surface area (Å²) < 4.78 is 5.61. The topological polar surface area (TPSA) is 56.2 Å². The minimum Gasteiger partial charge on any atom is -0.391 e. The highest BCUT2D eigenvalue weighted by atomic mass is 16.5. The lowest BCUT2D eigenvalue weighted by Gasteiger charge is -2.62. The van der Waals surface area contributed by atoms with Gasteiger partial charge in [0.25, 0.3) is 0 Å². The van der Waals surface area contributed by atoms with Gasteiger partial charge in [0.1, 0.15) is 0 Å². The molecule has 0 aromatic rings. The number of aliphatic hydroxyl groups excluding tert-OH is 2. The van der Waals surface area contributed by atoms with E-state index in [0.717, 1.165) is 63.9 Å². The maximum Gasteiger partial charge on any atom is 0.0799 e. The molecular formula is C27H44N2O3. The highest BCUT2D eigenvalue weighted by Gasteiger charge is 2.63. The third-order valence-corrected chi connectivity index (χ3v) is 11.4. The zero-order valence-electron chi connectivity index (χ0n) is 20.2. The summed E-state index contributed by atoms with van der Waals surface area (Å²) in [5.74, 6) is 2.78. The molecular weight excluding hydrogens is 400 g/mol. The summed E-state index contributed by atoms with van der Waals surface area (Å²) in [6, 6.07) is 0.603. The van der Waals surface area contributed by atoms with Crippen LogP contribution in [0.1, 0.15) is 65.2 Å². The Balaban J connectivity index is 1.25. The van der Waals surface area contributed by atoms with E-state index < -0.39 is 0 Å². The molecule has 5 heteroatoms. The number of morpholine rings is 1. The molecule has 32 heavy (non-hydrogen) atoms. The molecule has 0 bridgehead atoms. The monoisotopic (exact) mass is 444 g/mol. The summed E-state index contributed by atoms with van der Waals surface area (Å²) in [6.07, 6.45) is 13.5. The first-order valence-electron chi connectivity index (χ1n) is 13.5. The summed E-state index contributed by atoms with van der Waals surface area (Å²) in [7, 11) is 0. The van der Waals surface area contributed by atoms with E-state index in [0.29, 0.717) is 29.3 Å². The smallest absolute Gasteiger partial charge is 0.0799 e. The lowest BCUT2D eigenvalue weighted by atomic mass is 9.44. The summed E-state index contributed by atoms with van der Waals surface area (Å²) >= 11 is 0. The molecule has 1 saturated heterocycles. The molecule has 0 amide bonds. The Morgan fingerprint density at radius 2 is 1.72 bits per heavy atom. The normalized spacial score (nSPS) is 53.7. The van der Waals surface area contributed by atoms with E-state index in [9.17, 15) is 10.2 Å². The van der Waals surface area contributed by atoms with Crippen LogP contribution in [0.25, 0.3) is 0 Å². The number of ether oxygens (including phenoxy) is 1. The van der Waals surface area contributed by atoms with Crippen molar-refractivity contribution in [2.75, 3.05) is 32.8 Å². The fourth-order valence-electron chi connectivity index (χ4n) is 9.65. The van der Waals surface area contributed by atoms with Crippen molar-refractivity contribution in [3.8, 4) is 0 Å². The maximum absolute atomic E-state index is 11.5. The lowest BCUT2D eigenvalue weighted by Crippen LogP contribution is -2.61. The zero-order valence-corrected chi connectivity index (χ0v) is 20.2. The van der Waals surface area contributed by atoms with E-state index in [2.05, 4.69) is 35.9 Å².